The monoisotopic (exact) mass is 333 g/mol. The highest BCUT2D eigenvalue weighted by Gasteiger charge is 2.29. The third-order valence-corrected chi connectivity index (χ3v) is 5.46. The van der Waals surface area contributed by atoms with Crippen LogP contribution in [0.25, 0.3) is 11.0 Å². The molecule has 1 atom stereocenters. The Morgan fingerprint density at radius 3 is 2.92 bits per heavy atom. The fraction of sp³-hybridized carbons (Fsp3) is 0.400. The molecule has 3 aromatic rings. The maximum atomic E-state index is 9.25. The first-order chi connectivity index (χ1) is 12.1. The van der Waals surface area contributed by atoms with Crippen LogP contribution in [0.15, 0.2) is 24.3 Å². The minimum absolute atomic E-state index is 0.317. The van der Waals surface area contributed by atoms with Crippen molar-refractivity contribution in [2.75, 3.05) is 6.54 Å². The largest absolute Gasteiger partial charge is 0.341 e. The van der Waals surface area contributed by atoms with Crippen molar-refractivity contribution < 1.29 is 0 Å². The van der Waals surface area contributed by atoms with Crippen LogP contribution in [0.3, 0.4) is 0 Å². The van der Waals surface area contributed by atoms with Crippen LogP contribution in [0.1, 0.15) is 47.2 Å². The zero-order chi connectivity index (χ0) is 17.6. The molecule has 25 heavy (non-hydrogen) atoms. The third-order valence-electron chi connectivity index (χ3n) is 5.46. The number of benzene rings is 1. The van der Waals surface area contributed by atoms with Gasteiger partial charge in [0.25, 0.3) is 0 Å². The number of nitriles is 1. The highest BCUT2D eigenvalue weighted by atomic mass is 15.2. The summed E-state index contributed by atoms with van der Waals surface area (Å²) in [6.07, 6.45) is 2.30. The molecule has 0 saturated carbocycles. The van der Waals surface area contributed by atoms with E-state index in [0.717, 1.165) is 42.1 Å². The maximum absolute atomic E-state index is 9.25. The van der Waals surface area contributed by atoms with Crippen molar-refractivity contribution in [3.63, 3.8) is 0 Å². The molecular weight excluding hydrogens is 310 g/mol. The number of fused-ring (bicyclic) bond motifs is 1. The van der Waals surface area contributed by atoms with E-state index in [1.807, 2.05) is 17.7 Å². The molecule has 4 rings (SSSR count). The van der Waals surface area contributed by atoms with Gasteiger partial charge < -0.3 is 9.55 Å². The van der Waals surface area contributed by atoms with Crippen molar-refractivity contribution >= 4 is 11.0 Å². The summed E-state index contributed by atoms with van der Waals surface area (Å²) in [4.78, 5) is 10.8. The summed E-state index contributed by atoms with van der Waals surface area (Å²) in [7, 11) is 1.96. The Hall–Kier alpha value is -2.58. The number of hydrogen-bond donors (Lipinski definition) is 1. The van der Waals surface area contributed by atoms with Crippen LogP contribution in [-0.2, 0) is 13.6 Å². The topological polar surface area (TPSA) is 60.6 Å². The lowest BCUT2D eigenvalue weighted by molar-refractivity contribution is 0.240. The fourth-order valence-electron chi connectivity index (χ4n) is 3.87. The summed E-state index contributed by atoms with van der Waals surface area (Å²) in [5, 5.41) is 9.25. The van der Waals surface area contributed by atoms with E-state index < -0.39 is 0 Å². The van der Waals surface area contributed by atoms with Crippen molar-refractivity contribution in [3.05, 3.63) is 52.6 Å². The quantitative estimate of drug-likeness (QED) is 0.794. The molecule has 0 spiro atoms. The summed E-state index contributed by atoms with van der Waals surface area (Å²) < 4.78 is 1.98. The Balaban J connectivity index is 1.63. The molecule has 0 aliphatic carbocycles. The third kappa shape index (κ3) is 2.73. The molecule has 1 saturated heterocycles. The Bertz CT molecular complexity index is 972. The Morgan fingerprint density at radius 2 is 2.16 bits per heavy atom. The second-order valence-corrected chi connectivity index (χ2v) is 7.08. The summed E-state index contributed by atoms with van der Waals surface area (Å²) in [5.41, 5.74) is 6.53. The summed E-state index contributed by atoms with van der Waals surface area (Å²) in [5.74, 6) is 1.06. The summed E-state index contributed by atoms with van der Waals surface area (Å²) >= 11 is 0. The van der Waals surface area contributed by atoms with Crippen LogP contribution in [0.5, 0.6) is 0 Å². The molecule has 5 heteroatoms. The number of rotatable bonds is 3. The minimum atomic E-state index is 0.317. The molecule has 0 bridgehead atoms. The first-order valence-electron chi connectivity index (χ1n) is 8.82. The van der Waals surface area contributed by atoms with E-state index in [4.69, 9.17) is 4.98 Å². The number of likely N-dealkylation sites (tertiary alicyclic amines) is 1. The molecule has 0 amide bonds. The number of H-pyrrole nitrogens is 1. The lowest BCUT2D eigenvalue weighted by atomic mass is 10.2. The number of imidazole rings is 1. The second kappa shape index (κ2) is 6.05. The van der Waals surface area contributed by atoms with Gasteiger partial charge in [0.15, 0.2) is 0 Å². The van der Waals surface area contributed by atoms with Crippen LogP contribution in [0, 0.1) is 25.2 Å². The second-order valence-electron chi connectivity index (χ2n) is 7.08. The van der Waals surface area contributed by atoms with E-state index in [1.54, 1.807) is 0 Å². The van der Waals surface area contributed by atoms with Crippen LogP contribution in [0.2, 0.25) is 0 Å². The van der Waals surface area contributed by atoms with E-state index in [-0.39, 0.29) is 0 Å². The lowest BCUT2D eigenvalue weighted by Crippen LogP contribution is -2.23. The minimum Gasteiger partial charge on any atom is -0.341 e. The van der Waals surface area contributed by atoms with Crippen molar-refractivity contribution in [1.82, 2.24) is 19.4 Å². The average Bonchev–Trinajstić information content (AvgIpc) is 3.28. The molecule has 1 aliphatic rings. The molecule has 0 unspecified atom stereocenters. The molecule has 128 valence electrons. The van der Waals surface area contributed by atoms with Gasteiger partial charge in [-0.15, -0.1) is 0 Å². The highest BCUT2D eigenvalue weighted by molar-refractivity contribution is 5.75. The zero-order valence-corrected chi connectivity index (χ0v) is 15.0. The number of aromatic nitrogens is 3. The standard InChI is InChI=1S/C20H23N5/c1-13-6-7-17-18(9-13)23-20(22-17)19-5-4-8-25(19)12-15-10-16(11-21)24(3)14(15)2/h6-7,9-10,19H,4-5,8,12H2,1-3H3,(H,22,23)/t19-/m0/s1. The van der Waals surface area contributed by atoms with Gasteiger partial charge in [0.2, 0.25) is 0 Å². The Morgan fingerprint density at radius 1 is 1.32 bits per heavy atom. The Labute approximate surface area is 147 Å². The first kappa shape index (κ1) is 15.9. The van der Waals surface area contributed by atoms with E-state index in [9.17, 15) is 5.26 Å². The lowest BCUT2D eigenvalue weighted by Gasteiger charge is -2.22. The molecule has 0 radical (unpaired) electrons. The number of nitrogens with one attached hydrogen (secondary N) is 1. The van der Waals surface area contributed by atoms with Gasteiger partial charge in [0, 0.05) is 19.3 Å². The number of hydrogen-bond acceptors (Lipinski definition) is 3. The average molecular weight is 333 g/mol. The van der Waals surface area contributed by atoms with Gasteiger partial charge in [-0.05, 0) is 62.6 Å². The fourth-order valence-corrected chi connectivity index (χ4v) is 3.87. The highest BCUT2D eigenvalue weighted by Crippen LogP contribution is 2.33. The molecule has 1 aromatic carbocycles. The van der Waals surface area contributed by atoms with E-state index in [1.165, 1.54) is 23.2 Å². The van der Waals surface area contributed by atoms with Crippen molar-refractivity contribution in [3.8, 4) is 6.07 Å². The SMILES string of the molecule is Cc1ccc2nc([C@@H]3CCCN3Cc3cc(C#N)n(C)c3C)[nH]c2c1. The van der Waals surface area contributed by atoms with Gasteiger partial charge >= 0.3 is 0 Å². The van der Waals surface area contributed by atoms with Crippen LogP contribution < -0.4 is 0 Å². The maximum Gasteiger partial charge on any atom is 0.124 e. The summed E-state index contributed by atoms with van der Waals surface area (Å²) in [6, 6.07) is 11.0. The molecule has 1 fully saturated rings. The predicted molar refractivity (Wildman–Crippen MR) is 98.1 cm³/mol. The van der Waals surface area contributed by atoms with Crippen molar-refractivity contribution in [2.24, 2.45) is 7.05 Å². The Kier molecular flexibility index (Phi) is 3.85. The van der Waals surface area contributed by atoms with Crippen molar-refractivity contribution in [2.45, 2.75) is 39.3 Å². The normalized spacial score (nSPS) is 18.1. The number of aromatic amines is 1. The van der Waals surface area contributed by atoms with Crippen LogP contribution in [0.4, 0.5) is 0 Å². The molecule has 1 N–H and O–H groups in total. The number of nitrogens with zero attached hydrogens (tertiary/aromatic N) is 4. The van der Waals surface area contributed by atoms with Gasteiger partial charge in [-0.2, -0.15) is 5.26 Å². The van der Waals surface area contributed by atoms with Gasteiger partial charge in [-0.1, -0.05) is 6.07 Å². The smallest absolute Gasteiger partial charge is 0.124 e. The van der Waals surface area contributed by atoms with Crippen molar-refractivity contribution in [1.29, 1.82) is 5.26 Å². The predicted octanol–water partition coefficient (Wildman–Crippen LogP) is 3.73. The number of aryl methyl sites for hydroxylation is 1. The first-order valence-corrected chi connectivity index (χ1v) is 8.82. The van der Waals surface area contributed by atoms with Gasteiger partial charge in [0.05, 0.1) is 17.1 Å². The van der Waals surface area contributed by atoms with Gasteiger partial charge in [-0.25, -0.2) is 4.98 Å². The molecule has 5 nitrogen and oxygen atoms in total. The molecular formula is C20H23N5. The van der Waals surface area contributed by atoms with Crippen LogP contribution >= 0.6 is 0 Å². The molecule has 3 heterocycles. The van der Waals surface area contributed by atoms with E-state index in [0.29, 0.717) is 6.04 Å². The van der Waals surface area contributed by atoms with Gasteiger partial charge in [0.1, 0.15) is 17.6 Å². The van der Waals surface area contributed by atoms with Crippen LogP contribution in [-0.4, -0.2) is 26.0 Å². The zero-order valence-electron chi connectivity index (χ0n) is 15.0. The summed E-state index contributed by atoms with van der Waals surface area (Å²) in [6.45, 7) is 6.12. The molecule has 1 aliphatic heterocycles. The van der Waals surface area contributed by atoms with E-state index in [2.05, 4.69) is 48.0 Å². The van der Waals surface area contributed by atoms with E-state index >= 15 is 0 Å². The van der Waals surface area contributed by atoms with Gasteiger partial charge in [-0.3, -0.25) is 4.90 Å². The molecule has 2 aromatic heterocycles.